The van der Waals surface area contributed by atoms with Gasteiger partial charge in [0.05, 0.1) is 41.7 Å². The number of halogens is 1. The number of benzene rings is 2. The summed E-state index contributed by atoms with van der Waals surface area (Å²) in [6.07, 6.45) is 3.24. The minimum absolute atomic E-state index is 0.119. The molecule has 11 heteroatoms. The smallest absolute Gasteiger partial charge is 0.228 e. The molecular formula is C26H28ClN5O4S. The van der Waals surface area contributed by atoms with E-state index >= 15 is 0 Å². The molecule has 0 saturated carbocycles. The van der Waals surface area contributed by atoms with Crippen molar-refractivity contribution in [3.8, 4) is 11.3 Å². The second-order valence-corrected chi connectivity index (χ2v) is 11.7. The number of carbonyl (C=O) groups excluding carboxylic acids is 1. The molecule has 1 fully saturated rings. The monoisotopic (exact) mass is 541 g/mol. The fraction of sp³-hybridized carbons (Fsp3) is 0.346. The Morgan fingerprint density at radius 1 is 1.08 bits per heavy atom. The van der Waals surface area contributed by atoms with Gasteiger partial charge in [-0.3, -0.25) is 9.69 Å². The molecular weight excluding hydrogens is 514 g/mol. The number of sulfone groups is 1. The maximum Gasteiger partial charge on any atom is 0.228 e. The summed E-state index contributed by atoms with van der Waals surface area (Å²) in [6.45, 7) is 4.20. The number of anilines is 3. The summed E-state index contributed by atoms with van der Waals surface area (Å²) in [4.78, 5) is 23.9. The van der Waals surface area contributed by atoms with Crippen LogP contribution in [0, 0.1) is 0 Å². The average Bonchev–Trinajstić information content (AvgIpc) is 3.02. The van der Waals surface area contributed by atoms with Gasteiger partial charge in [-0.15, -0.1) is 0 Å². The Kier molecular flexibility index (Phi) is 7.71. The molecule has 0 unspecified atom stereocenters. The molecule has 2 aromatic carbocycles. The highest BCUT2D eigenvalue weighted by Gasteiger charge is 2.21. The predicted octanol–water partition coefficient (Wildman–Crippen LogP) is 3.92. The quantitative estimate of drug-likeness (QED) is 0.412. The minimum Gasteiger partial charge on any atom is -0.379 e. The van der Waals surface area contributed by atoms with Crippen molar-refractivity contribution in [3.63, 3.8) is 0 Å². The van der Waals surface area contributed by atoms with Crippen molar-refractivity contribution in [2.24, 2.45) is 0 Å². The first-order valence-electron chi connectivity index (χ1n) is 12.2. The second kappa shape index (κ2) is 11.1. The molecule has 0 spiro atoms. The van der Waals surface area contributed by atoms with Crippen molar-refractivity contribution in [1.29, 1.82) is 0 Å². The van der Waals surface area contributed by atoms with Gasteiger partial charge in [-0.2, -0.15) is 0 Å². The van der Waals surface area contributed by atoms with Crippen molar-refractivity contribution in [1.82, 2.24) is 14.9 Å². The van der Waals surface area contributed by atoms with Crippen molar-refractivity contribution in [2.75, 3.05) is 49.2 Å². The number of unbranched alkanes of at least 4 members (excludes halogenated alkanes) is 1. The number of rotatable bonds is 8. The van der Waals surface area contributed by atoms with E-state index < -0.39 is 9.84 Å². The van der Waals surface area contributed by atoms with E-state index in [9.17, 15) is 13.2 Å². The van der Waals surface area contributed by atoms with E-state index in [0.29, 0.717) is 44.9 Å². The Labute approximate surface area is 221 Å². The van der Waals surface area contributed by atoms with Crippen molar-refractivity contribution >= 4 is 44.7 Å². The lowest BCUT2D eigenvalue weighted by molar-refractivity contribution is -0.115. The van der Waals surface area contributed by atoms with Gasteiger partial charge in [-0.25, -0.2) is 18.4 Å². The fourth-order valence-corrected chi connectivity index (χ4v) is 6.01. The third kappa shape index (κ3) is 6.27. The zero-order chi connectivity index (χ0) is 25.8. The van der Waals surface area contributed by atoms with Crippen LogP contribution in [0.5, 0.6) is 0 Å². The van der Waals surface area contributed by atoms with Gasteiger partial charge >= 0.3 is 0 Å². The lowest BCUT2D eigenvalue weighted by Gasteiger charge is -2.26. The van der Waals surface area contributed by atoms with Crippen LogP contribution in [0.1, 0.15) is 18.4 Å². The molecule has 2 aliphatic rings. The number of morpholine rings is 1. The number of hydrogen-bond acceptors (Lipinski definition) is 8. The molecule has 1 amide bonds. The van der Waals surface area contributed by atoms with Crippen LogP contribution in [-0.4, -0.2) is 67.8 Å². The molecule has 1 aromatic heterocycles. The lowest BCUT2D eigenvalue weighted by Crippen LogP contribution is -2.36. The number of aromatic nitrogens is 2. The number of ether oxygens (including phenoxy) is 1. The van der Waals surface area contributed by atoms with Crippen molar-refractivity contribution in [2.45, 2.75) is 24.2 Å². The minimum atomic E-state index is -3.36. The highest BCUT2D eigenvalue weighted by atomic mass is 35.5. The Bertz CT molecular complexity index is 1390. The molecule has 2 N–H and O–H groups in total. The Morgan fingerprint density at radius 3 is 2.65 bits per heavy atom. The standard InChI is InChI=1S/C26H28ClN5O4S/c27-19-3-8-22-23(16-19)30-24(33)15-18-17-28-26(31-25(18)22)29-20-4-6-21(7-5-20)37(34,35)14-2-1-9-32-10-12-36-13-11-32/h3-8,16-17H,1-2,9-15H2,(H,30,33)(H,28,29,31). The number of hydrogen-bond donors (Lipinski definition) is 2. The summed E-state index contributed by atoms with van der Waals surface area (Å²) in [7, 11) is -3.36. The Hall–Kier alpha value is -3.05. The number of amides is 1. The third-order valence-corrected chi connectivity index (χ3v) is 8.49. The summed E-state index contributed by atoms with van der Waals surface area (Å²) < 4.78 is 30.9. The second-order valence-electron chi connectivity index (χ2n) is 9.11. The third-order valence-electron chi connectivity index (χ3n) is 6.44. The van der Waals surface area contributed by atoms with Crippen LogP contribution in [0.3, 0.4) is 0 Å². The molecule has 1 saturated heterocycles. The molecule has 0 radical (unpaired) electrons. The molecule has 0 aliphatic carbocycles. The number of fused-ring (bicyclic) bond motifs is 3. The predicted molar refractivity (Wildman–Crippen MR) is 143 cm³/mol. The maximum atomic E-state index is 12.8. The van der Waals surface area contributed by atoms with Gasteiger partial charge in [-0.1, -0.05) is 11.6 Å². The van der Waals surface area contributed by atoms with Crippen LogP contribution >= 0.6 is 11.6 Å². The number of carbonyl (C=O) groups is 1. The average molecular weight is 542 g/mol. The van der Waals surface area contributed by atoms with Crippen LogP contribution in [0.15, 0.2) is 53.6 Å². The number of nitrogens with zero attached hydrogens (tertiary/aromatic N) is 3. The van der Waals surface area contributed by atoms with Gasteiger partial charge < -0.3 is 15.4 Å². The first kappa shape index (κ1) is 25.6. The largest absolute Gasteiger partial charge is 0.379 e. The van der Waals surface area contributed by atoms with Gasteiger partial charge in [0.15, 0.2) is 9.84 Å². The fourth-order valence-electron chi connectivity index (χ4n) is 4.47. The van der Waals surface area contributed by atoms with Crippen LogP contribution < -0.4 is 10.6 Å². The van der Waals surface area contributed by atoms with E-state index in [-0.39, 0.29) is 18.1 Å². The lowest BCUT2D eigenvalue weighted by atomic mass is 10.1. The molecule has 37 heavy (non-hydrogen) atoms. The highest BCUT2D eigenvalue weighted by Crippen LogP contribution is 2.35. The first-order chi connectivity index (χ1) is 17.9. The van der Waals surface area contributed by atoms with Crippen molar-refractivity contribution < 1.29 is 17.9 Å². The molecule has 0 bridgehead atoms. The topological polar surface area (TPSA) is 114 Å². The van der Waals surface area contributed by atoms with E-state index in [1.807, 2.05) is 6.07 Å². The molecule has 9 nitrogen and oxygen atoms in total. The highest BCUT2D eigenvalue weighted by molar-refractivity contribution is 7.91. The van der Waals surface area contributed by atoms with Gasteiger partial charge in [0, 0.05) is 41.1 Å². The normalized spacial score (nSPS) is 15.9. The number of nitrogens with one attached hydrogen (secondary N) is 2. The van der Waals surface area contributed by atoms with E-state index in [4.69, 9.17) is 16.3 Å². The molecule has 194 valence electrons. The molecule has 5 rings (SSSR count). The van der Waals surface area contributed by atoms with E-state index in [1.54, 1.807) is 42.6 Å². The summed E-state index contributed by atoms with van der Waals surface area (Å²) in [6, 6.07) is 11.9. The van der Waals surface area contributed by atoms with Crippen LogP contribution in [0.2, 0.25) is 5.02 Å². The van der Waals surface area contributed by atoms with Crippen LogP contribution in [-0.2, 0) is 25.8 Å². The summed E-state index contributed by atoms with van der Waals surface area (Å²) in [5.74, 6) is 0.297. The Morgan fingerprint density at radius 2 is 1.86 bits per heavy atom. The van der Waals surface area contributed by atoms with Crippen LogP contribution in [0.4, 0.5) is 17.3 Å². The van der Waals surface area contributed by atoms with E-state index in [2.05, 4.69) is 25.5 Å². The summed E-state index contributed by atoms with van der Waals surface area (Å²) in [5.41, 5.74) is 3.36. The van der Waals surface area contributed by atoms with E-state index in [1.165, 1.54) is 0 Å². The van der Waals surface area contributed by atoms with Gasteiger partial charge in [0.25, 0.3) is 0 Å². The van der Waals surface area contributed by atoms with Crippen LogP contribution in [0.25, 0.3) is 11.3 Å². The summed E-state index contributed by atoms with van der Waals surface area (Å²) in [5, 5.41) is 6.51. The van der Waals surface area contributed by atoms with Crippen molar-refractivity contribution in [3.05, 3.63) is 59.2 Å². The van der Waals surface area contributed by atoms with Gasteiger partial charge in [0.2, 0.25) is 11.9 Å². The zero-order valence-corrected chi connectivity index (χ0v) is 21.8. The van der Waals surface area contributed by atoms with Gasteiger partial charge in [0.1, 0.15) is 0 Å². The summed E-state index contributed by atoms with van der Waals surface area (Å²) >= 11 is 6.11. The zero-order valence-electron chi connectivity index (χ0n) is 20.2. The van der Waals surface area contributed by atoms with Gasteiger partial charge in [-0.05, 0) is 61.9 Å². The SMILES string of the molecule is O=C1Cc2cnc(Nc3ccc(S(=O)(=O)CCCCN4CCOCC4)cc3)nc2-c2ccc(Cl)cc2N1. The van der Waals surface area contributed by atoms with E-state index in [0.717, 1.165) is 44.8 Å². The first-order valence-corrected chi connectivity index (χ1v) is 14.3. The molecule has 3 aromatic rings. The maximum absolute atomic E-state index is 12.8. The molecule has 0 atom stereocenters. The molecule has 2 aliphatic heterocycles. The molecule has 3 heterocycles. The Balaban J connectivity index is 1.24.